The summed E-state index contributed by atoms with van der Waals surface area (Å²) in [7, 11) is 0. The number of ether oxygens (including phenoxy) is 6. The second kappa shape index (κ2) is 5.15. The lowest BCUT2D eigenvalue weighted by Crippen LogP contribution is -2.45. The van der Waals surface area contributed by atoms with Crippen molar-refractivity contribution in [2.45, 2.75) is 89.9 Å². The molecule has 3 fully saturated rings. The molecule has 3 rings (SSSR count). The van der Waals surface area contributed by atoms with Gasteiger partial charge in [-0.1, -0.05) is 0 Å². The van der Waals surface area contributed by atoms with E-state index >= 15 is 0 Å². The summed E-state index contributed by atoms with van der Waals surface area (Å²) in [5, 5.41) is 0. The van der Waals surface area contributed by atoms with E-state index in [-0.39, 0.29) is 30.5 Å². The van der Waals surface area contributed by atoms with E-state index in [0.717, 1.165) is 0 Å². The monoisotopic (exact) mass is 302 g/mol. The minimum Gasteiger partial charge on any atom is -0.370 e. The van der Waals surface area contributed by atoms with E-state index in [0.29, 0.717) is 6.61 Å². The number of fused-ring (bicyclic) bond motifs is 1. The molecule has 3 saturated heterocycles. The highest BCUT2D eigenvalue weighted by Gasteiger charge is 2.59. The third-order valence-corrected chi connectivity index (χ3v) is 3.85. The Hall–Kier alpha value is -0.240. The average molecular weight is 302 g/mol. The van der Waals surface area contributed by atoms with Gasteiger partial charge in [-0.2, -0.15) is 0 Å². The summed E-state index contributed by atoms with van der Waals surface area (Å²) < 4.78 is 35.4. The van der Waals surface area contributed by atoms with E-state index < -0.39 is 17.9 Å². The zero-order valence-corrected chi connectivity index (χ0v) is 13.6. The van der Waals surface area contributed by atoms with Gasteiger partial charge in [0.2, 0.25) is 0 Å². The third kappa shape index (κ3) is 3.11. The van der Waals surface area contributed by atoms with Gasteiger partial charge in [-0.15, -0.1) is 0 Å². The van der Waals surface area contributed by atoms with Crippen molar-refractivity contribution in [2.24, 2.45) is 0 Å². The third-order valence-electron chi connectivity index (χ3n) is 3.85. The van der Waals surface area contributed by atoms with Crippen LogP contribution in [0.3, 0.4) is 0 Å². The van der Waals surface area contributed by atoms with E-state index in [9.17, 15) is 0 Å². The first-order valence-electron chi connectivity index (χ1n) is 7.65. The predicted molar refractivity (Wildman–Crippen MR) is 73.6 cm³/mol. The smallest absolute Gasteiger partial charge is 0.190 e. The van der Waals surface area contributed by atoms with E-state index in [4.69, 9.17) is 28.4 Å². The topological polar surface area (TPSA) is 55.4 Å². The highest BCUT2D eigenvalue weighted by molar-refractivity contribution is 4.99. The summed E-state index contributed by atoms with van der Waals surface area (Å²) in [5.41, 5.74) is 0. The minimum absolute atomic E-state index is 0.0718. The Morgan fingerprint density at radius 2 is 1.67 bits per heavy atom. The zero-order valence-electron chi connectivity index (χ0n) is 13.6. The Labute approximate surface area is 126 Å². The van der Waals surface area contributed by atoms with Gasteiger partial charge >= 0.3 is 0 Å². The van der Waals surface area contributed by atoms with Crippen molar-refractivity contribution in [2.75, 3.05) is 6.61 Å². The molecular weight excluding hydrogens is 276 g/mol. The molecule has 0 bridgehead atoms. The molecule has 3 heterocycles. The van der Waals surface area contributed by atoms with Crippen molar-refractivity contribution < 1.29 is 28.4 Å². The van der Waals surface area contributed by atoms with Crippen molar-refractivity contribution in [1.29, 1.82) is 0 Å². The van der Waals surface area contributed by atoms with Gasteiger partial charge < -0.3 is 28.4 Å². The standard InChI is InChI=1S/C15H26O6/c1-8(2)17-11-10(9-7-16-14(3,4)19-9)18-13-12(11)20-15(5,6)21-13/h8-13H,7H2,1-6H3/t9-,10-,11+,12-,13-/m1/s1. The molecule has 5 atom stereocenters. The van der Waals surface area contributed by atoms with E-state index in [1.807, 2.05) is 41.5 Å². The normalized spacial score (nSPS) is 44.4. The molecule has 6 heteroatoms. The van der Waals surface area contributed by atoms with Crippen LogP contribution in [0.15, 0.2) is 0 Å². The Balaban J connectivity index is 1.75. The largest absolute Gasteiger partial charge is 0.370 e. The molecule has 0 radical (unpaired) electrons. The summed E-state index contributed by atoms with van der Waals surface area (Å²) in [5.74, 6) is -1.24. The fraction of sp³-hybridized carbons (Fsp3) is 1.00. The van der Waals surface area contributed by atoms with Gasteiger partial charge in [-0.3, -0.25) is 0 Å². The van der Waals surface area contributed by atoms with Gasteiger partial charge in [0, 0.05) is 0 Å². The number of rotatable bonds is 3. The molecular formula is C15H26O6. The van der Waals surface area contributed by atoms with Crippen LogP contribution in [0.25, 0.3) is 0 Å². The Kier molecular flexibility index (Phi) is 3.83. The highest BCUT2D eigenvalue weighted by Crippen LogP contribution is 2.42. The maximum absolute atomic E-state index is 6.05. The molecule has 3 aliphatic heterocycles. The summed E-state index contributed by atoms with van der Waals surface area (Å²) in [6, 6.07) is 0. The Bertz CT molecular complexity index is 394. The van der Waals surface area contributed by atoms with Crippen molar-refractivity contribution in [3.63, 3.8) is 0 Å². The molecule has 0 spiro atoms. The zero-order chi connectivity index (χ0) is 15.4. The van der Waals surface area contributed by atoms with Gasteiger partial charge in [0.15, 0.2) is 17.9 Å². The molecule has 0 saturated carbocycles. The SMILES string of the molecule is CC(C)O[C@@H]1[C@H]2OC(C)(C)O[C@H]2O[C@@H]1[C@H]1COC(C)(C)O1. The van der Waals surface area contributed by atoms with Crippen LogP contribution >= 0.6 is 0 Å². The summed E-state index contributed by atoms with van der Waals surface area (Å²) in [6.07, 6.45) is -1.23. The fourth-order valence-electron chi connectivity index (χ4n) is 3.15. The predicted octanol–water partition coefficient (Wildman–Crippen LogP) is 1.81. The van der Waals surface area contributed by atoms with Crippen molar-refractivity contribution in [1.82, 2.24) is 0 Å². The molecule has 0 aromatic rings. The first-order valence-corrected chi connectivity index (χ1v) is 7.65. The van der Waals surface area contributed by atoms with Crippen LogP contribution in [0.1, 0.15) is 41.5 Å². The van der Waals surface area contributed by atoms with Crippen molar-refractivity contribution in [3.8, 4) is 0 Å². The van der Waals surface area contributed by atoms with E-state index in [2.05, 4.69) is 0 Å². The van der Waals surface area contributed by atoms with Crippen molar-refractivity contribution in [3.05, 3.63) is 0 Å². The molecule has 0 aromatic carbocycles. The van der Waals surface area contributed by atoms with Gasteiger partial charge in [0.05, 0.1) is 12.7 Å². The number of hydrogen-bond acceptors (Lipinski definition) is 6. The summed E-state index contributed by atoms with van der Waals surface area (Å²) in [6.45, 7) is 12.1. The quantitative estimate of drug-likeness (QED) is 0.792. The second-order valence-electron chi connectivity index (χ2n) is 7.09. The van der Waals surface area contributed by atoms with Crippen LogP contribution in [0.4, 0.5) is 0 Å². The first-order chi connectivity index (χ1) is 9.67. The van der Waals surface area contributed by atoms with Gasteiger partial charge in [-0.25, -0.2) is 0 Å². The molecule has 0 unspecified atom stereocenters. The lowest BCUT2D eigenvalue weighted by atomic mass is 10.1. The first kappa shape index (κ1) is 15.6. The van der Waals surface area contributed by atoms with Crippen LogP contribution in [0, 0.1) is 0 Å². The number of hydrogen-bond donors (Lipinski definition) is 0. The molecule has 3 aliphatic rings. The fourth-order valence-corrected chi connectivity index (χ4v) is 3.15. The van der Waals surface area contributed by atoms with Crippen molar-refractivity contribution >= 4 is 0 Å². The molecule has 122 valence electrons. The molecule has 0 N–H and O–H groups in total. The Morgan fingerprint density at radius 1 is 0.952 bits per heavy atom. The molecule has 6 nitrogen and oxygen atoms in total. The lowest BCUT2D eigenvalue weighted by molar-refractivity contribution is -0.238. The van der Waals surface area contributed by atoms with E-state index in [1.165, 1.54) is 0 Å². The summed E-state index contributed by atoms with van der Waals surface area (Å²) >= 11 is 0. The second-order valence-corrected chi connectivity index (χ2v) is 7.09. The van der Waals surface area contributed by atoms with Crippen LogP contribution < -0.4 is 0 Å². The minimum atomic E-state index is -0.648. The Morgan fingerprint density at radius 3 is 2.24 bits per heavy atom. The van der Waals surface area contributed by atoms with Crippen LogP contribution in [0.5, 0.6) is 0 Å². The van der Waals surface area contributed by atoms with Gasteiger partial charge in [0.1, 0.15) is 24.4 Å². The molecule has 0 aliphatic carbocycles. The van der Waals surface area contributed by atoms with Gasteiger partial charge in [0.25, 0.3) is 0 Å². The maximum Gasteiger partial charge on any atom is 0.190 e. The van der Waals surface area contributed by atoms with E-state index in [1.54, 1.807) is 0 Å². The van der Waals surface area contributed by atoms with Crippen LogP contribution in [-0.4, -0.2) is 55.0 Å². The van der Waals surface area contributed by atoms with Crippen LogP contribution in [-0.2, 0) is 28.4 Å². The van der Waals surface area contributed by atoms with Gasteiger partial charge in [-0.05, 0) is 41.5 Å². The molecule has 21 heavy (non-hydrogen) atoms. The average Bonchev–Trinajstić information content (AvgIpc) is 2.90. The lowest BCUT2D eigenvalue weighted by Gasteiger charge is -2.30. The molecule has 0 amide bonds. The summed E-state index contributed by atoms with van der Waals surface area (Å²) in [4.78, 5) is 0. The maximum atomic E-state index is 6.05. The van der Waals surface area contributed by atoms with Crippen LogP contribution in [0.2, 0.25) is 0 Å². The highest BCUT2D eigenvalue weighted by atomic mass is 16.8. The molecule has 0 aromatic heterocycles.